The van der Waals surface area contributed by atoms with Crippen LogP contribution in [0.1, 0.15) is 32.4 Å². The smallest absolute Gasteiger partial charge is 0.409 e. The number of ether oxygens (including phenoxy) is 1. The molecule has 0 unspecified atom stereocenters. The number of aliphatic imine (C=N–C) groups is 1. The first kappa shape index (κ1) is 23.7. The predicted molar refractivity (Wildman–Crippen MR) is 121 cm³/mol. The maximum atomic E-state index is 11.8. The molecule has 154 valence electrons. The molecule has 1 amide bonds. The van der Waals surface area contributed by atoms with Crippen LogP contribution in [0.4, 0.5) is 9.93 Å². The van der Waals surface area contributed by atoms with E-state index in [1.54, 1.807) is 16.2 Å². The second-order valence-corrected chi connectivity index (χ2v) is 7.15. The molecule has 0 radical (unpaired) electrons. The van der Waals surface area contributed by atoms with Gasteiger partial charge in [-0.15, -0.1) is 35.3 Å². The van der Waals surface area contributed by atoms with Gasteiger partial charge in [-0.2, -0.15) is 0 Å². The molecule has 10 heteroatoms. The molecule has 1 fully saturated rings. The van der Waals surface area contributed by atoms with Gasteiger partial charge < -0.3 is 25.2 Å². The Balaban J connectivity index is 0.00000364. The third-order valence-electron chi connectivity index (χ3n) is 4.03. The highest BCUT2D eigenvalue weighted by Crippen LogP contribution is 2.18. The van der Waals surface area contributed by atoms with Crippen LogP contribution < -0.4 is 15.5 Å². The highest BCUT2D eigenvalue weighted by Gasteiger charge is 2.24. The van der Waals surface area contributed by atoms with Gasteiger partial charge in [-0.3, -0.25) is 0 Å². The summed E-state index contributed by atoms with van der Waals surface area (Å²) in [6.07, 6.45) is 1.54. The summed E-state index contributed by atoms with van der Waals surface area (Å²) < 4.78 is 5.06. The van der Waals surface area contributed by atoms with Crippen molar-refractivity contribution >= 4 is 52.5 Å². The molecule has 0 atom stereocenters. The number of carbonyl (C=O) groups is 1. The van der Waals surface area contributed by atoms with E-state index >= 15 is 0 Å². The quantitative estimate of drug-likeness (QED) is 0.348. The minimum absolute atomic E-state index is 0. The lowest BCUT2D eigenvalue weighted by atomic mass is 10.1. The molecule has 0 aliphatic carbocycles. The van der Waals surface area contributed by atoms with Crippen LogP contribution in [-0.2, 0) is 11.3 Å². The predicted octanol–water partition coefficient (Wildman–Crippen LogP) is 2.50. The maximum Gasteiger partial charge on any atom is 0.409 e. The number of thiazole rings is 1. The van der Waals surface area contributed by atoms with E-state index in [0.29, 0.717) is 32.3 Å². The number of carbonyl (C=O) groups excluding carboxylic acids is 1. The molecule has 0 aromatic carbocycles. The Kier molecular flexibility index (Phi) is 10.7. The summed E-state index contributed by atoms with van der Waals surface area (Å²) in [7, 11) is 3.97. The van der Waals surface area contributed by atoms with E-state index in [1.165, 1.54) is 0 Å². The van der Waals surface area contributed by atoms with Gasteiger partial charge in [0.2, 0.25) is 0 Å². The second-order valence-electron chi connectivity index (χ2n) is 6.32. The molecule has 27 heavy (non-hydrogen) atoms. The lowest BCUT2D eigenvalue weighted by Gasteiger charge is -2.32. The van der Waals surface area contributed by atoms with Crippen molar-refractivity contribution in [3.8, 4) is 0 Å². The first-order chi connectivity index (χ1) is 12.5. The zero-order chi connectivity index (χ0) is 18.9. The molecule has 8 nitrogen and oxygen atoms in total. The largest absolute Gasteiger partial charge is 0.450 e. The number of aromatic nitrogens is 1. The zero-order valence-corrected chi connectivity index (χ0v) is 19.7. The molecule has 1 aromatic rings. The lowest BCUT2D eigenvalue weighted by Crippen LogP contribution is -2.49. The highest BCUT2D eigenvalue weighted by molar-refractivity contribution is 14.0. The van der Waals surface area contributed by atoms with E-state index in [2.05, 4.69) is 20.6 Å². The Morgan fingerprint density at radius 1 is 1.41 bits per heavy atom. The van der Waals surface area contributed by atoms with Gasteiger partial charge in [-0.1, -0.05) is 0 Å². The summed E-state index contributed by atoms with van der Waals surface area (Å²) in [5.74, 6) is 0.793. The van der Waals surface area contributed by atoms with E-state index in [-0.39, 0.29) is 30.1 Å². The van der Waals surface area contributed by atoms with Gasteiger partial charge >= 0.3 is 6.09 Å². The number of amides is 1. The van der Waals surface area contributed by atoms with Crippen molar-refractivity contribution in [1.29, 1.82) is 0 Å². The number of hydrogen-bond acceptors (Lipinski definition) is 6. The van der Waals surface area contributed by atoms with Gasteiger partial charge in [0.15, 0.2) is 11.1 Å². The van der Waals surface area contributed by atoms with E-state index in [1.807, 2.05) is 38.2 Å². The van der Waals surface area contributed by atoms with Crippen molar-refractivity contribution in [2.45, 2.75) is 39.3 Å². The number of rotatable bonds is 6. The Bertz CT molecular complexity index is 602. The maximum absolute atomic E-state index is 11.8. The van der Waals surface area contributed by atoms with Gasteiger partial charge in [0.1, 0.15) is 0 Å². The molecular weight excluding hydrogens is 479 g/mol. The molecule has 1 aromatic heterocycles. The summed E-state index contributed by atoms with van der Waals surface area (Å²) in [4.78, 5) is 24.8. The van der Waals surface area contributed by atoms with E-state index in [0.717, 1.165) is 36.2 Å². The Hall–Kier alpha value is -1.30. The third-order valence-corrected chi connectivity index (χ3v) is 5.08. The zero-order valence-electron chi connectivity index (χ0n) is 16.5. The van der Waals surface area contributed by atoms with Crippen LogP contribution in [0.2, 0.25) is 0 Å². The van der Waals surface area contributed by atoms with E-state index in [4.69, 9.17) is 4.74 Å². The average molecular weight is 510 g/mol. The van der Waals surface area contributed by atoms with Crippen LogP contribution in [0, 0.1) is 0 Å². The number of anilines is 1. The molecule has 1 saturated heterocycles. The average Bonchev–Trinajstić information content (AvgIpc) is 3.10. The number of guanidine groups is 1. The van der Waals surface area contributed by atoms with Crippen LogP contribution in [0.25, 0.3) is 0 Å². The van der Waals surface area contributed by atoms with E-state index < -0.39 is 0 Å². The summed E-state index contributed by atoms with van der Waals surface area (Å²) in [5.41, 5.74) is 0.966. The van der Waals surface area contributed by atoms with Crippen LogP contribution in [0.15, 0.2) is 10.4 Å². The summed E-state index contributed by atoms with van der Waals surface area (Å²) in [6.45, 7) is 7.04. The summed E-state index contributed by atoms with van der Waals surface area (Å²) in [6, 6.07) is 0.297. The summed E-state index contributed by atoms with van der Waals surface area (Å²) in [5, 5.41) is 9.78. The molecule has 1 aliphatic rings. The monoisotopic (exact) mass is 510 g/mol. The van der Waals surface area contributed by atoms with Crippen molar-refractivity contribution in [3.63, 3.8) is 0 Å². The van der Waals surface area contributed by atoms with Gasteiger partial charge in [0, 0.05) is 45.2 Å². The number of halogens is 1. The molecule has 0 saturated carbocycles. The van der Waals surface area contributed by atoms with Gasteiger partial charge in [-0.25, -0.2) is 14.8 Å². The fraction of sp³-hybridized carbons (Fsp3) is 0.706. The number of nitrogens with one attached hydrogen (secondary N) is 2. The van der Waals surface area contributed by atoms with Crippen LogP contribution in [0.3, 0.4) is 0 Å². The fourth-order valence-electron chi connectivity index (χ4n) is 2.67. The van der Waals surface area contributed by atoms with Crippen LogP contribution >= 0.6 is 35.3 Å². The van der Waals surface area contributed by atoms with Gasteiger partial charge in [0.25, 0.3) is 0 Å². The van der Waals surface area contributed by atoms with Crippen LogP contribution in [-0.4, -0.2) is 68.3 Å². The first-order valence-electron chi connectivity index (χ1n) is 9.11. The van der Waals surface area contributed by atoms with Crippen molar-refractivity contribution in [2.75, 3.05) is 45.2 Å². The Morgan fingerprint density at radius 3 is 2.67 bits per heavy atom. The topological polar surface area (TPSA) is 82.1 Å². The number of likely N-dealkylation sites (tertiary alicyclic amines) is 1. The molecule has 0 spiro atoms. The minimum Gasteiger partial charge on any atom is -0.450 e. The molecule has 2 N–H and O–H groups in total. The van der Waals surface area contributed by atoms with Crippen molar-refractivity contribution in [1.82, 2.24) is 20.5 Å². The van der Waals surface area contributed by atoms with Crippen molar-refractivity contribution < 1.29 is 9.53 Å². The molecule has 2 rings (SSSR count). The second kappa shape index (κ2) is 12.2. The highest BCUT2D eigenvalue weighted by atomic mass is 127. The molecule has 0 bridgehead atoms. The fourth-order valence-corrected chi connectivity index (χ4v) is 3.42. The third kappa shape index (κ3) is 7.68. The van der Waals surface area contributed by atoms with Gasteiger partial charge in [-0.05, 0) is 26.7 Å². The molecule has 2 heterocycles. The normalized spacial score (nSPS) is 15.1. The minimum atomic E-state index is -0.216. The summed E-state index contributed by atoms with van der Waals surface area (Å²) >= 11 is 1.62. The molecule has 1 aliphatic heterocycles. The molecular formula is C17H31IN6O2S. The number of piperidine rings is 1. The SMILES string of the molecule is CCNC(=NCc1csc(N(C)C)n1)NC1CCN(C(=O)OCC)CC1.I. The number of hydrogen-bond donors (Lipinski definition) is 2. The van der Waals surface area contributed by atoms with Crippen molar-refractivity contribution in [2.24, 2.45) is 4.99 Å². The first-order valence-corrected chi connectivity index (χ1v) is 9.99. The Morgan fingerprint density at radius 2 is 2.11 bits per heavy atom. The Labute approximate surface area is 182 Å². The van der Waals surface area contributed by atoms with Crippen molar-refractivity contribution in [3.05, 3.63) is 11.1 Å². The van der Waals surface area contributed by atoms with E-state index in [9.17, 15) is 4.79 Å². The lowest BCUT2D eigenvalue weighted by molar-refractivity contribution is 0.0963. The van der Waals surface area contributed by atoms with Gasteiger partial charge in [0.05, 0.1) is 18.8 Å². The van der Waals surface area contributed by atoms with Crippen LogP contribution in [0.5, 0.6) is 0 Å². The number of nitrogens with zero attached hydrogens (tertiary/aromatic N) is 4. The standard InChI is InChI=1S/C17H30N6O2S.HI/c1-5-18-15(19-11-14-12-26-16(21-14)22(3)4)20-13-7-9-23(10-8-13)17(24)25-6-2;/h12-13H,5-11H2,1-4H3,(H2,18,19,20);1H.